The third kappa shape index (κ3) is 3.52. The van der Waals surface area contributed by atoms with Crippen LogP contribution in [-0.2, 0) is 11.2 Å². The number of pyridine rings is 1. The van der Waals surface area contributed by atoms with Crippen LogP contribution >= 0.6 is 0 Å². The number of carbonyl (C=O) groups excluding carboxylic acids is 1. The molecule has 0 atom stereocenters. The van der Waals surface area contributed by atoms with E-state index in [-0.39, 0.29) is 5.91 Å². The summed E-state index contributed by atoms with van der Waals surface area (Å²) in [4.78, 5) is 21.0. The molecule has 1 amide bonds. The van der Waals surface area contributed by atoms with Crippen molar-refractivity contribution in [1.29, 1.82) is 0 Å². The third-order valence-electron chi connectivity index (χ3n) is 4.61. The summed E-state index contributed by atoms with van der Waals surface area (Å²) >= 11 is 0. The Kier molecular flexibility index (Phi) is 4.60. The number of aryl methyl sites for hydroxylation is 1. The SMILES string of the molecule is Cc1cccc(N2CCN(C(=O)Cc3ccccn3)CC2)c1C. The van der Waals surface area contributed by atoms with Gasteiger partial charge in [0.15, 0.2) is 0 Å². The van der Waals surface area contributed by atoms with Crippen molar-refractivity contribution in [3.05, 3.63) is 59.4 Å². The first-order valence-corrected chi connectivity index (χ1v) is 8.14. The van der Waals surface area contributed by atoms with E-state index in [2.05, 4.69) is 41.9 Å². The van der Waals surface area contributed by atoms with E-state index in [1.54, 1.807) is 6.20 Å². The average molecular weight is 309 g/mol. The summed E-state index contributed by atoms with van der Waals surface area (Å²) in [6, 6.07) is 12.1. The number of anilines is 1. The molecule has 0 N–H and O–H groups in total. The highest BCUT2D eigenvalue weighted by Crippen LogP contribution is 2.23. The summed E-state index contributed by atoms with van der Waals surface area (Å²) in [6.07, 6.45) is 2.13. The fourth-order valence-electron chi connectivity index (χ4n) is 3.04. The Bertz CT molecular complexity index is 676. The predicted octanol–water partition coefficient (Wildman–Crippen LogP) is 2.59. The van der Waals surface area contributed by atoms with Gasteiger partial charge in [-0.2, -0.15) is 0 Å². The number of piperazine rings is 1. The molecule has 120 valence electrons. The maximum absolute atomic E-state index is 12.4. The molecule has 0 unspecified atom stereocenters. The molecule has 0 bridgehead atoms. The monoisotopic (exact) mass is 309 g/mol. The van der Waals surface area contributed by atoms with Crippen molar-refractivity contribution in [3.8, 4) is 0 Å². The van der Waals surface area contributed by atoms with Crippen LogP contribution in [0, 0.1) is 13.8 Å². The second kappa shape index (κ2) is 6.82. The zero-order valence-corrected chi connectivity index (χ0v) is 13.8. The molecular weight excluding hydrogens is 286 g/mol. The number of rotatable bonds is 3. The smallest absolute Gasteiger partial charge is 0.228 e. The molecule has 0 radical (unpaired) electrons. The van der Waals surface area contributed by atoms with Crippen molar-refractivity contribution in [2.45, 2.75) is 20.3 Å². The van der Waals surface area contributed by atoms with Gasteiger partial charge in [-0.1, -0.05) is 18.2 Å². The highest BCUT2D eigenvalue weighted by Gasteiger charge is 2.22. The van der Waals surface area contributed by atoms with Crippen molar-refractivity contribution in [2.24, 2.45) is 0 Å². The molecule has 4 heteroatoms. The summed E-state index contributed by atoms with van der Waals surface area (Å²) in [5.41, 5.74) is 4.79. The van der Waals surface area contributed by atoms with Crippen molar-refractivity contribution in [3.63, 3.8) is 0 Å². The fourth-order valence-corrected chi connectivity index (χ4v) is 3.04. The van der Waals surface area contributed by atoms with E-state index in [1.807, 2.05) is 23.1 Å². The van der Waals surface area contributed by atoms with Gasteiger partial charge in [0.05, 0.1) is 6.42 Å². The van der Waals surface area contributed by atoms with E-state index in [0.717, 1.165) is 31.9 Å². The van der Waals surface area contributed by atoms with E-state index in [4.69, 9.17) is 0 Å². The molecule has 1 aromatic carbocycles. The standard InChI is InChI=1S/C19H23N3O/c1-15-6-5-8-18(16(15)2)21-10-12-22(13-11-21)19(23)14-17-7-3-4-9-20-17/h3-9H,10-14H2,1-2H3. The van der Waals surface area contributed by atoms with Gasteiger partial charge in [0, 0.05) is 43.8 Å². The summed E-state index contributed by atoms with van der Waals surface area (Å²) in [5.74, 6) is 0.171. The van der Waals surface area contributed by atoms with Gasteiger partial charge >= 0.3 is 0 Å². The summed E-state index contributed by atoms with van der Waals surface area (Å²) < 4.78 is 0. The topological polar surface area (TPSA) is 36.4 Å². The largest absolute Gasteiger partial charge is 0.368 e. The van der Waals surface area contributed by atoms with Crippen LogP contribution in [0.4, 0.5) is 5.69 Å². The lowest BCUT2D eigenvalue weighted by Gasteiger charge is -2.37. The molecule has 0 spiro atoms. The maximum Gasteiger partial charge on any atom is 0.228 e. The zero-order chi connectivity index (χ0) is 16.2. The van der Waals surface area contributed by atoms with Crippen LogP contribution in [0.3, 0.4) is 0 Å². The third-order valence-corrected chi connectivity index (χ3v) is 4.61. The van der Waals surface area contributed by atoms with E-state index in [1.165, 1.54) is 16.8 Å². The minimum Gasteiger partial charge on any atom is -0.368 e. The lowest BCUT2D eigenvalue weighted by atomic mass is 10.1. The average Bonchev–Trinajstić information content (AvgIpc) is 2.58. The van der Waals surface area contributed by atoms with Gasteiger partial charge in [-0.15, -0.1) is 0 Å². The van der Waals surface area contributed by atoms with Gasteiger partial charge in [-0.25, -0.2) is 0 Å². The minimum atomic E-state index is 0.171. The highest BCUT2D eigenvalue weighted by molar-refractivity contribution is 5.78. The Hall–Kier alpha value is -2.36. The first kappa shape index (κ1) is 15.5. The van der Waals surface area contributed by atoms with E-state index in [0.29, 0.717) is 6.42 Å². The van der Waals surface area contributed by atoms with Gasteiger partial charge in [-0.05, 0) is 43.2 Å². The van der Waals surface area contributed by atoms with Gasteiger partial charge in [0.1, 0.15) is 0 Å². The summed E-state index contributed by atoms with van der Waals surface area (Å²) in [7, 11) is 0. The number of carbonyl (C=O) groups is 1. The minimum absolute atomic E-state index is 0.171. The van der Waals surface area contributed by atoms with Gasteiger partial charge in [0.2, 0.25) is 5.91 Å². The molecule has 1 fully saturated rings. The Labute approximate surface area is 137 Å². The number of benzene rings is 1. The molecule has 3 rings (SSSR count). The van der Waals surface area contributed by atoms with E-state index in [9.17, 15) is 4.79 Å². The van der Waals surface area contributed by atoms with Gasteiger partial charge in [0.25, 0.3) is 0 Å². The van der Waals surface area contributed by atoms with Crippen molar-refractivity contribution >= 4 is 11.6 Å². The van der Waals surface area contributed by atoms with Gasteiger partial charge in [-0.3, -0.25) is 9.78 Å². The van der Waals surface area contributed by atoms with Crippen LogP contribution < -0.4 is 4.90 Å². The number of amides is 1. The van der Waals surface area contributed by atoms with Crippen LogP contribution in [0.1, 0.15) is 16.8 Å². The van der Waals surface area contributed by atoms with E-state index < -0.39 is 0 Å². The second-order valence-corrected chi connectivity index (χ2v) is 6.08. The predicted molar refractivity (Wildman–Crippen MR) is 92.7 cm³/mol. The summed E-state index contributed by atoms with van der Waals surface area (Å²) in [5, 5.41) is 0. The molecule has 2 heterocycles. The summed E-state index contributed by atoms with van der Waals surface area (Å²) in [6.45, 7) is 7.64. The quantitative estimate of drug-likeness (QED) is 0.874. The van der Waals surface area contributed by atoms with E-state index >= 15 is 0 Å². The molecule has 23 heavy (non-hydrogen) atoms. The Balaban J connectivity index is 1.60. The normalized spacial score (nSPS) is 14.9. The zero-order valence-electron chi connectivity index (χ0n) is 13.8. The highest BCUT2D eigenvalue weighted by atomic mass is 16.2. The first-order chi connectivity index (χ1) is 11.1. The molecule has 1 saturated heterocycles. The molecular formula is C19H23N3O. The lowest BCUT2D eigenvalue weighted by molar-refractivity contribution is -0.130. The number of aromatic nitrogens is 1. The van der Waals surface area contributed by atoms with Crippen molar-refractivity contribution in [2.75, 3.05) is 31.1 Å². The molecule has 0 saturated carbocycles. The molecule has 1 aliphatic heterocycles. The van der Waals surface area contributed by atoms with Crippen LogP contribution in [0.25, 0.3) is 0 Å². The molecule has 0 aliphatic carbocycles. The van der Waals surface area contributed by atoms with Crippen LogP contribution in [0.2, 0.25) is 0 Å². The van der Waals surface area contributed by atoms with Crippen LogP contribution in [0.5, 0.6) is 0 Å². The number of nitrogens with zero attached hydrogens (tertiary/aromatic N) is 3. The second-order valence-electron chi connectivity index (χ2n) is 6.08. The van der Waals surface area contributed by atoms with Crippen molar-refractivity contribution in [1.82, 2.24) is 9.88 Å². The maximum atomic E-state index is 12.4. The fraction of sp³-hybridized carbons (Fsp3) is 0.368. The number of hydrogen-bond donors (Lipinski definition) is 0. The van der Waals surface area contributed by atoms with Gasteiger partial charge < -0.3 is 9.80 Å². The van der Waals surface area contributed by atoms with Crippen molar-refractivity contribution < 1.29 is 4.79 Å². The molecule has 1 aliphatic rings. The lowest BCUT2D eigenvalue weighted by Crippen LogP contribution is -2.49. The molecule has 1 aromatic heterocycles. The van der Waals surface area contributed by atoms with Crippen LogP contribution in [0.15, 0.2) is 42.6 Å². The number of hydrogen-bond acceptors (Lipinski definition) is 3. The Morgan fingerprint density at radius 2 is 1.83 bits per heavy atom. The van der Waals surface area contributed by atoms with Crippen LogP contribution in [-0.4, -0.2) is 42.0 Å². The Morgan fingerprint density at radius 3 is 2.52 bits per heavy atom. The Morgan fingerprint density at radius 1 is 1.04 bits per heavy atom. The first-order valence-electron chi connectivity index (χ1n) is 8.14. The molecule has 4 nitrogen and oxygen atoms in total. The molecule has 2 aromatic rings.